The van der Waals surface area contributed by atoms with E-state index in [2.05, 4.69) is 16.9 Å². The van der Waals surface area contributed by atoms with E-state index in [1.165, 1.54) is 25.7 Å². The Labute approximate surface area is 101 Å². The molecule has 2 N–H and O–H groups in total. The van der Waals surface area contributed by atoms with Crippen molar-refractivity contribution in [3.05, 3.63) is 17.2 Å². The smallest absolute Gasteiger partial charge is 0.303 e. The van der Waals surface area contributed by atoms with Crippen LogP contribution in [0.2, 0.25) is 0 Å². The zero-order valence-corrected chi connectivity index (χ0v) is 10.5. The summed E-state index contributed by atoms with van der Waals surface area (Å²) >= 11 is 0. The first-order valence-electron chi connectivity index (χ1n) is 6.29. The molecule has 0 radical (unpaired) electrons. The number of aryl methyl sites for hydroxylation is 2. The molecule has 0 aromatic carbocycles. The zero-order chi connectivity index (χ0) is 12.5. The average Bonchev–Trinajstić information content (AvgIpc) is 2.83. The van der Waals surface area contributed by atoms with Crippen molar-refractivity contribution in [1.82, 2.24) is 9.97 Å². The summed E-state index contributed by atoms with van der Waals surface area (Å²) < 4.78 is 0. The van der Waals surface area contributed by atoms with Crippen molar-refractivity contribution in [2.75, 3.05) is 0 Å². The van der Waals surface area contributed by atoms with E-state index >= 15 is 0 Å². The standard InChI is InChI=1S/C13H20N2O2/c1-9-10(5-6-11(16)17)15-12(14-9)13(2)7-3-4-8-13/h3-8H2,1-2H3,(H,14,15)(H,16,17). The summed E-state index contributed by atoms with van der Waals surface area (Å²) in [6.07, 6.45) is 5.56. The van der Waals surface area contributed by atoms with Crippen LogP contribution >= 0.6 is 0 Å². The van der Waals surface area contributed by atoms with E-state index in [1.807, 2.05) is 6.92 Å². The Morgan fingerprint density at radius 1 is 1.47 bits per heavy atom. The Balaban J connectivity index is 2.15. The first-order valence-corrected chi connectivity index (χ1v) is 6.29. The number of hydrogen-bond donors (Lipinski definition) is 2. The van der Waals surface area contributed by atoms with Crippen molar-refractivity contribution in [3.63, 3.8) is 0 Å². The highest BCUT2D eigenvalue weighted by atomic mass is 16.4. The van der Waals surface area contributed by atoms with Crippen molar-refractivity contribution in [1.29, 1.82) is 0 Å². The third-order valence-electron chi connectivity index (χ3n) is 3.84. The number of imidazole rings is 1. The molecule has 1 aromatic rings. The SMILES string of the molecule is Cc1[nH]c(C2(C)CCCC2)nc1CCC(=O)O. The lowest BCUT2D eigenvalue weighted by Crippen LogP contribution is -2.18. The topological polar surface area (TPSA) is 66.0 Å². The lowest BCUT2D eigenvalue weighted by Gasteiger charge is -2.20. The molecule has 17 heavy (non-hydrogen) atoms. The van der Waals surface area contributed by atoms with Gasteiger partial charge in [-0.1, -0.05) is 19.8 Å². The minimum absolute atomic E-state index is 0.155. The molecule has 1 aliphatic carbocycles. The molecule has 0 amide bonds. The van der Waals surface area contributed by atoms with E-state index < -0.39 is 5.97 Å². The van der Waals surface area contributed by atoms with Gasteiger partial charge >= 0.3 is 5.97 Å². The number of carbonyl (C=O) groups is 1. The van der Waals surface area contributed by atoms with Gasteiger partial charge in [0, 0.05) is 17.5 Å². The van der Waals surface area contributed by atoms with Gasteiger partial charge in [0.15, 0.2) is 0 Å². The van der Waals surface area contributed by atoms with E-state index in [-0.39, 0.29) is 11.8 Å². The highest BCUT2D eigenvalue weighted by Crippen LogP contribution is 2.39. The molecule has 2 rings (SSSR count). The van der Waals surface area contributed by atoms with E-state index in [9.17, 15) is 4.79 Å². The number of carboxylic acid groups (broad SMARTS) is 1. The summed E-state index contributed by atoms with van der Waals surface area (Å²) in [5.74, 6) is 0.286. The molecule has 0 aliphatic heterocycles. The molecule has 1 aliphatic rings. The lowest BCUT2D eigenvalue weighted by atomic mass is 9.88. The minimum Gasteiger partial charge on any atom is -0.481 e. The molecule has 0 spiro atoms. The number of nitrogens with one attached hydrogen (secondary N) is 1. The van der Waals surface area contributed by atoms with E-state index in [0.29, 0.717) is 6.42 Å². The molecule has 1 heterocycles. The van der Waals surface area contributed by atoms with Gasteiger partial charge in [-0.25, -0.2) is 4.98 Å². The normalized spacial score (nSPS) is 18.5. The predicted octanol–water partition coefficient (Wildman–Crippen LogP) is 2.57. The van der Waals surface area contributed by atoms with Gasteiger partial charge in [0.1, 0.15) is 5.82 Å². The van der Waals surface area contributed by atoms with E-state index in [0.717, 1.165) is 17.2 Å². The number of rotatable bonds is 4. The third kappa shape index (κ3) is 2.51. The second kappa shape index (κ2) is 4.51. The summed E-state index contributed by atoms with van der Waals surface area (Å²) in [6.45, 7) is 4.23. The van der Waals surface area contributed by atoms with Crippen molar-refractivity contribution in [2.45, 2.75) is 57.8 Å². The van der Waals surface area contributed by atoms with Crippen LogP contribution in [0.15, 0.2) is 0 Å². The molecule has 4 nitrogen and oxygen atoms in total. The molecule has 1 aromatic heterocycles. The van der Waals surface area contributed by atoms with Crippen LogP contribution in [0.5, 0.6) is 0 Å². The number of nitrogens with zero attached hydrogens (tertiary/aromatic N) is 1. The molecule has 94 valence electrons. The Bertz CT molecular complexity index is 417. The third-order valence-corrected chi connectivity index (χ3v) is 3.84. The van der Waals surface area contributed by atoms with Crippen molar-refractivity contribution < 1.29 is 9.90 Å². The average molecular weight is 236 g/mol. The fourth-order valence-corrected chi connectivity index (χ4v) is 2.64. The van der Waals surface area contributed by atoms with Gasteiger partial charge in [-0.3, -0.25) is 4.79 Å². The Kier molecular flexibility index (Phi) is 3.22. The summed E-state index contributed by atoms with van der Waals surface area (Å²) in [4.78, 5) is 18.5. The van der Waals surface area contributed by atoms with Gasteiger partial charge in [-0.15, -0.1) is 0 Å². The maximum Gasteiger partial charge on any atom is 0.303 e. The quantitative estimate of drug-likeness (QED) is 0.844. The van der Waals surface area contributed by atoms with Crippen molar-refractivity contribution >= 4 is 5.97 Å². The van der Waals surface area contributed by atoms with Gasteiger partial charge in [-0.2, -0.15) is 0 Å². The molecule has 4 heteroatoms. The first kappa shape index (κ1) is 12.1. The maximum absolute atomic E-state index is 10.6. The van der Waals surface area contributed by atoms with E-state index in [1.54, 1.807) is 0 Å². The van der Waals surface area contributed by atoms with Crippen LogP contribution in [-0.2, 0) is 16.6 Å². The summed E-state index contributed by atoms with van der Waals surface area (Å²) in [5, 5.41) is 8.70. The molecule has 1 saturated carbocycles. The molecular formula is C13H20N2O2. The summed E-state index contributed by atoms with van der Waals surface area (Å²) in [5.41, 5.74) is 2.11. The fourth-order valence-electron chi connectivity index (χ4n) is 2.64. The second-order valence-electron chi connectivity index (χ2n) is 5.32. The summed E-state index contributed by atoms with van der Waals surface area (Å²) in [6, 6.07) is 0. The van der Waals surface area contributed by atoms with Crippen LogP contribution in [-0.4, -0.2) is 21.0 Å². The predicted molar refractivity (Wildman–Crippen MR) is 65.1 cm³/mol. The molecule has 0 bridgehead atoms. The molecular weight excluding hydrogens is 216 g/mol. The van der Waals surface area contributed by atoms with Crippen LogP contribution < -0.4 is 0 Å². The van der Waals surface area contributed by atoms with E-state index in [4.69, 9.17) is 5.11 Å². The Hall–Kier alpha value is -1.32. The Morgan fingerprint density at radius 3 is 2.71 bits per heavy atom. The van der Waals surface area contributed by atoms with Crippen molar-refractivity contribution in [2.24, 2.45) is 0 Å². The molecule has 0 unspecified atom stereocenters. The van der Waals surface area contributed by atoms with Gasteiger partial charge in [0.2, 0.25) is 0 Å². The number of H-pyrrole nitrogens is 1. The zero-order valence-electron chi connectivity index (χ0n) is 10.5. The van der Waals surface area contributed by atoms with Crippen LogP contribution in [0.1, 0.15) is 56.2 Å². The fraction of sp³-hybridized carbons (Fsp3) is 0.692. The van der Waals surface area contributed by atoms with Crippen LogP contribution in [0.25, 0.3) is 0 Å². The number of aromatic amines is 1. The highest BCUT2D eigenvalue weighted by molar-refractivity contribution is 5.67. The number of aliphatic carboxylic acids is 1. The van der Waals surface area contributed by atoms with Gasteiger partial charge in [0.25, 0.3) is 0 Å². The molecule has 0 atom stereocenters. The number of carboxylic acids is 1. The van der Waals surface area contributed by atoms with Gasteiger partial charge in [0.05, 0.1) is 12.1 Å². The second-order valence-corrected chi connectivity index (χ2v) is 5.32. The Morgan fingerprint density at radius 2 is 2.12 bits per heavy atom. The van der Waals surface area contributed by atoms with Gasteiger partial charge < -0.3 is 10.1 Å². The number of hydrogen-bond acceptors (Lipinski definition) is 2. The first-order chi connectivity index (χ1) is 8.01. The molecule has 1 fully saturated rings. The number of aromatic nitrogens is 2. The van der Waals surface area contributed by atoms with Crippen LogP contribution in [0.4, 0.5) is 0 Å². The largest absolute Gasteiger partial charge is 0.481 e. The summed E-state index contributed by atoms with van der Waals surface area (Å²) in [7, 11) is 0. The monoisotopic (exact) mass is 236 g/mol. The van der Waals surface area contributed by atoms with Crippen LogP contribution in [0, 0.1) is 6.92 Å². The van der Waals surface area contributed by atoms with Crippen molar-refractivity contribution in [3.8, 4) is 0 Å². The highest BCUT2D eigenvalue weighted by Gasteiger charge is 2.33. The maximum atomic E-state index is 10.6. The molecule has 0 saturated heterocycles. The van der Waals surface area contributed by atoms with Crippen LogP contribution in [0.3, 0.4) is 0 Å². The minimum atomic E-state index is -0.763. The lowest BCUT2D eigenvalue weighted by molar-refractivity contribution is -0.136. The van der Waals surface area contributed by atoms with Gasteiger partial charge in [-0.05, 0) is 19.8 Å².